The minimum Gasteiger partial charge on any atom is -0.493 e. The first kappa shape index (κ1) is 14.3. The van der Waals surface area contributed by atoms with Crippen molar-refractivity contribution in [1.82, 2.24) is 0 Å². The molecule has 2 N–H and O–H groups in total. The van der Waals surface area contributed by atoms with Crippen LogP contribution >= 0.6 is 27.7 Å². The van der Waals surface area contributed by atoms with Crippen molar-refractivity contribution in [2.45, 2.75) is 11.8 Å². The van der Waals surface area contributed by atoms with Crippen LogP contribution in [0.2, 0.25) is 0 Å². The molecule has 0 atom stereocenters. The van der Waals surface area contributed by atoms with E-state index in [1.54, 1.807) is 11.8 Å². The second-order valence-electron chi connectivity index (χ2n) is 4.18. The molecular formula is C15H16BrNOS. The molecule has 4 heteroatoms. The van der Waals surface area contributed by atoms with Crippen molar-refractivity contribution in [3.63, 3.8) is 0 Å². The van der Waals surface area contributed by atoms with Crippen molar-refractivity contribution >= 4 is 33.4 Å². The fraction of sp³-hybridized carbons (Fsp3) is 0.200. The Hall–Kier alpha value is -1.13. The van der Waals surface area contributed by atoms with Gasteiger partial charge in [0.2, 0.25) is 0 Å². The normalized spacial score (nSPS) is 10.4. The van der Waals surface area contributed by atoms with E-state index in [0.29, 0.717) is 6.61 Å². The van der Waals surface area contributed by atoms with Gasteiger partial charge in [-0.3, -0.25) is 0 Å². The topological polar surface area (TPSA) is 35.2 Å². The molecule has 0 radical (unpaired) electrons. The Morgan fingerprint density at radius 3 is 2.58 bits per heavy atom. The molecular weight excluding hydrogens is 322 g/mol. The summed E-state index contributed by atoms with van der Waals surface area (Å²) in [7, 11) is 0. The summed E-state index contributed by atoms with van der Waals surface area (Å²) in [5, 5.41) is 0. The number of hydrogen-bond donors (Lipinski definition) is 1. The fourth-order valence-corrected chi connectivity index (χ4v) is 2.78. The van der Waals surface area contributed by atoms with Crippen molar-refractivity contribution < 1.29 is 4.74 Å². The number of anilines is 1. The third-order valence-electron chi connectivity index (χ3n) is 2.62. The van der Waals surface area contributed by atoms with Crippen LogP contribution in [-0.4, -0.2) is 12.4 Å². The Morgan fingerprint density at radius 1 is 1.16 bits per heavy atom. The summed E-state index contributed by atoms with van der Waals surface area (Å²) in [5.41, 5.74) is 7.76. The maximum atomic E-state index is 5.73. The Labute approximate surface area is 126 Å². The van der Waals surface area contributed by atoms with Gasteiger partial charge in [-0.05, 0) is 55.0 Å². The molecule has 0 unspecified atom stereocenters. The van der Waals surface area contributed by atoms with Crippen LogP contribution in [0, 0.1) is 6.92 Å². The lowest BCUT2D eigenvalue weighted by atomic mass is 10.2. The summed E-state index contributed by atoms with van der Waals surface area (Å²) in [4.78, 5) is 1.26. The molecule has 0 spiro atoms. The molecule has 0 bridgehead atoms. The predicted octanol–water partition coefficient (Wildman–Crippen LogP) is 4.51. The first-order chi connectivity index (χ1) is 9.15. The molecule has 0 fully saturated rings. The van der Waals surface area contributed by atoms with Crippen molar-refractivity contribution in [3.05, 3.63) is 52.5 Å². The highest BCUT2D eigenvalue weighted by Gasteiger charge is 2.00. The zero-order valence-electron chi connectivity index (χ0n) is 10.7. The molecule has 0 aliphatic heterocycles. The van der Waals surface area contributed by atoms with Gasteiger partial charge in [-0.1, -0.05) is 15.9 Å². The molecule has 0 aliphatic rings. The lowest BCUT2D eigenvalue weighted by Crippen LogP contribution is -2.00. The highest BCUT2D eigenvalue weighted by atomic mass is 79.9. The van der Waals surface area contributed by atoms with Crippen LogP contribution in [0.5, 0.6) is 5.75 Å². The van der Waals surface area contributed by atoms with Gasteiger partial charge in [-0.15, -0.1) is 11.8 Å². The SMILES string of the molecule is Cc1cc(N)ccc1SCCOc1ccc(Br)cc1. The highest BCUT2D eigenvalue weighted by Crippen LogP contribution is 2.24. The quantitative estimate of drug-likeness (QED) is 0.495. The molecule has 2 nitrogen and oxygen atoms in total. The first-order valence-electron chi connectivity index (χ1n) is 6.02. The molecule has 2 rings (SSSR count). The average molecular weight is 338 g/mol. The maximum absolute atomic E-state index is 5.73. The minimum absolute atomic E-state index is 0.691. The molecule has 2 aromatic carbocycles. The number of nitrogen functional groups attached to an aromatic ring is 1. The number of nitrogens with two attached hydrogens (primary N) is 1. The third-order valence-corrected chi connectivity index (χ3v) is 4.29. The number of thioether (sulfide) groups is 1. The monoisotopic (exact) mass is 337 g/mol. The number of rotatable bonds is 5. The molecule has 0 saturated heterocycles. The van der Waals surface area contributed by atoms with Crippen LogP contribution in [0.4, 0.5) is 5.69 Å². The first-order valence-corrected chi connectivity index (χ1v) is 7.80. The number of hydrogen-bond acceptors (Lipinski definition) is 3. The molecule has 0 saturated carbocycles. The van der Waals surface area contributed by atoms with E-state index in [4.69, 9.17) is 10.5 Å². The number of benzene rings is 2. The van der Waals surface area contributed by atoms with Crippen LogP contribution in [0.15, 0.2) is 51.8 Å². The van der Waals surface area contributed by atoms with Gasteiger partial charge >= 0.3 is 0 Å². The lowest BCUT2D eigenvalue weighted by Gasteiger charge is -2.08. The van der Waals surface area contributed by atoms with E-state index in [-0.39, 0.29) is 0 Å². The van der Waals surface area contributed by atoms with Crippen LogP contribution in [0.25, 0.3) is 0 Å². The summed E-state index contributed by atoms with van der Waals surface area (Å²) in [6.07, 6.45) is 0. The molecule has 2 aromatic rings. The molecule has 0 amide bonds. The number of halogens is 1. The second kappa shape index (κ2) is 6.87. The van der Waals surface area contributed by atoms with Crippen LogP contribution in [-0.2, 0) is 0 Å². The van der Waals surface area contributed by atoms with Gasteiger partial charge in [-0.25, -0.2) is 0 Å². The van der Waals surface area contributed by atoms with E-state index in [2.05, 4.69) is 28.9 Å². The van der Waals surface area contributed by atoms with E-state index in [0.717, 1.165) is 21.7 Å². The largest absolute Gasteiger partial charge is 0.493 e. The van der Waals surface area contributed by atoms with Crippen LogP contribution in [0.3, 0.4) is 0 Å². The van der Waals surface area contributed by atoms with E-state index >= 15 is 0 Å². The Bertz CT molecular complexity index is 542. The fourth-order valence-electron chi connectivity index (χ4n) is 1.68. The number of aryl methyl sites for hydroxylation is 1. The molecule has 0 aliphatic carbocycles. The van der Waals surface area contributed by atoms with Gasteiger partial charge in [0.15, 0.2) is 0 Å². The van der Waals surface area contributed by atoms with Gasteiger partial charge in [0.1, 0.15) is 5.75 Å². The number of ether oxygens (including phenoxy) is 1. The molecule has 0 aromatic heterocycles. The highest BCUT2D eigenvalue weighted by molar-refractivity contribution is 9.10. The third kappa shape index (κ3) is 4.48. The smallest absolute Gasteiger partial charge is 0.119 e. The Kier molecular flexibility index (Phi) is 5.16. The van der Waals surface area contributed by atoms with Gasteiger partial charge in [0.25, 0.3) is 0 Å². The average Bonchev–Trinajstić information content (AvgIpc) is 2.39. The van der Waals surface area contributed by atoms with Gasteiger partial charge in [0.05, 0.1) is 6.61 Å². The maximum Gasteiger partial charge on any atom is 0.119 e. The minimum atomic E-state index is 0.691. The summed E-state index contributed by atoms with van der Waals surface area (Å²) in [6.45, 7) is 2.77. The van der Waals surface area contributed by atoms with Crippen LogP contribution < -0.4 is 10.5 Å². The zero-order chi connectivity index (χ0) is 13.7. The summed E-state index contributed by atoms with van der Waals surface area (Å²) in [5.74, 6) is 1.82. The lowest BCUT2D eigenvalue weighted by molar-refractivity contribution is 0.344. The standard InChI is InChI=1S/C15H16BrNOS/c1-11-10-13(17)4-7-15(11)19-9-8-18-14-5-2-12(16)3-6-14/h2-7,10H,8-9,17H2,1H3. The summed E-state index contributed by atoms with van der Waals surface area (Å²) >= 11 is 5.19. The predicted molar refractivity (Wildman–Crippen MR) is 86.0 cm³/mol. The molecule has 0 heterocycles. The van der Waals surface area contributed by atoms with Gasteiger partial charge < -0.3 is 10.5 Å². The van der Waals surface area contributed by atoms with Crippen molar-refractivity contribution in [1.29, 1.82) is 0 Å². The van der Waals surface area contributed by atoms with Crippen molar-refractivity contribution in [2.24, 2.45) is 0 Å². The summed E-state index contributed by atoms with van der Waals surface area (Å²) < 4.78 is 6.74. The van der Waals surface area contributed by atoms with Crippen LogP contribution in [0.1, 0.15) is 5.56 Å². The Balaban J connectivity index is 1.79. The second-order valence-corrected chi connectivity index (χ2v) is 6.23. The van der Waals surface area contributed by atoms with Crippen molar-refractivity contribution in [3.8, 4) is 5.75 Å². The molecule has 100 valence electrons. The summed E-state index contributed by atoms with van der Waals surface area (Å²) in [6, 6.07) is 13.9. The van der Waals surface area contributed by atoms with Gasteiger partial charge in [-0.2, -0.15) is 0 Å². The van der Waals surface area contributed by atoms with E-state index < -0.39 is 0 Å². The van der Waals surface area contributed by atoms with Gasteiger partial charge in [0, 0.05) is 20.8 Å². The molecule has 19 heavy (non-hydrogen) atoms. The zero-order valence-corrected chi connectivity index (χ0v) is 13.1. The Morgan fingerprint density at radius 2 is 1.89 bits per heavy atom. The van der Waals surface area contributed by atoms with E-state index in [1.807, 2.05) is 36.4 Å². The van der Waals surface area contributed by atoms with E-state index in [9.17, 15) is 0 Å². The van der Waals surface area contributed by atoms with E-state index in [1.165, 1.54) is 10.5 Å². The van der Waals surface area contributed by atoms with Crippen molar-refractivity contribution in [2.75, 3.05) is 18.1 Å².